The van der Waals surface area contributed by atoms with Crippen LogP contribution < -0.4 is 10.4 Å². The van der Waals surface area contributed by atoms with Gasteiger partial charge in [0, 0.05) is 5.56 Å². The lowest BCUT2D eigenvalue weighted by atomic mass is 9.88. The Kier molecular flexibility index (Phi) is 3.64. The maximum absolute atomic E-state index is 11.6. The van der Waals surface area contributed by atoms with E-state index in [1.807, 2.05) is 18.2 Å². The molecule has 5 rings (SSSR count). The van der Waals surface area contributed by atoms with Crippen molar-refractivity contribution in [3.05, 3.63) is 86.9 Å². The highest BCUT2D eigenvalue weighted by Crippen LogP contribution is 2.40. The molecule has 0 amide bonds. The van der Waals surface area contributed by atoms with E-state index in [4.69, 9.17) is 4.74 Å². The highest BCUT2D eigenvalue weighted by molar-refractivity contribution is 5.96. The zero-order valence-electron chi connectivity index (χ0n) is 15.1. The number of allylic oxidation sites excluding steroid dienone is 4. The smallest absolute Gasteiger partial charge is 0.323 e. The number of ether oxygens (including phenoxy) is 1. The molecule has 2 aromatic carbocycles. The molecule has 1 aromatic heterocycles. The fourth-order valence-corrected chi connectivity index (χ4v) is 3.88. The number of aromatic amines is 2. The van der Waals surface area contributed by atoms with E-state index in [-0.39, 0.29) is 5.69 Å². The van der Waals surface area contributed by atoms with Gasteiger partial charge in [-0.25, -0.2) is 4.79 Å². The standard InChI is InChI=1S/C23H20N2O2/c1-14-6-8-18-19(11-15-7-9-20-21(12-15)25-23(26)24-20)17-5-3-2-4-16(17)13-27-22(18)10-14/h3,5-12H,2,4,13H2,1H3,(H2,24,25,26)/b19-11+. The molecule has 0 atom stereocenters. The van der Waals surface area contributed by atoms with Crippen molar-refractivity contribution in [1.29, 1.82) is 0 Å². The third-order valence-corrected chi connectivity index (χ3v) is 5.25. The Hall–Kier alpha value is -3.27. The Morgan fingerprint density at radius 2 is 1.96 bits per heavy atom. The zero-order chi connectivity index (χ0) is 18.4. The van der Waals surface area contributed by atoms with Gasteiger partial charge in [-0.05, 0) is 71.9 Å². The number of aryl methyl sites for hydroxylation is 1. The van der Waals surface area contributed by atoms with Gasteiger partial charge in [0.2, 0.25) is 0 Å². The van der Waals surface area contributed by atoms with Gasteiger partial charge in [0.1, 0.15) is 12.4 Å². The van der Waals surface area contributed by atoms with Crippen LogP contribution in [0.15, 0.2) is 64.5 Å². The summed E-state index contributed by atoms with van der Waals surface area (Å²) in [5.41, 5.74) is 8.57. The summed E-state index contributed by atoms with van der Waals surface area (Å²) in [6.45, 7) is 2.72. The average molecular weight is 356 g/mol. The molecule has 134 valence electrons. The van der Waals surface area contributed by atoms with Crippen molar-refractivity contribution in [3.8, 4) is 5.75 Å². The SMILES string of the molecule is Cc1ccc2c(c1)OCC1=C(C=CCC1)/C2=C\c1ccc2[nH]c(=O)[nH]c2c1. The van der Waals surface area contributed by atoms with Gasteiger partial charge in [-0.1, -0.05) is 30.4 Å². The summed E-state index contributed by atoms with van der Waals surface area (Å²) in [4.78, 5) is 17.2. The van der Waals surface area contributed by atoms with Gasteiger partial charge < -0.3 is 14.7 Å². The lowest BCUT2D eigenvalue weighted by Crippen LogP contribution is -2.03. The molecule has 0 spiro atoms. The van der Waals surface area contributed by atoms with Crippen LogP contribution in [0.25, 0.3) is 22.7 Å². The first kappa shape index (κ1) is 15.9. The molecule has 0 unspecified atom stereocenters. The van der Waals surface area contributed by atoms with Crippen molar-refractivity contribution >= 4 is 22.7 Å². The van der Waals surface area contributed by atoms with Gasteiger partial charge in [-0.15, -0.1) is 0 Å². The van der Waals surface area contributed by atoms with Crippen LogP contribution in [0.4, 0.5) is 0 Å². The highest BCUT2D eigenvalue weighted by atomic mass is 16.5. The topological polar surface area (TPSA) is 57.9 Å². The molecule has 0 radical (unpaired) electrons. The Balaban J connectivity index is 1.72. The second kappa shape index (κ2) is 6.16. The predicted octanol–water partition coefficient (Wildman–Crippen LogP) is 4.74. The Morgan fingerprint density at radius 3 is 2.89 bits per heavy atom. The van der Waals surface area contributed by atoms with Crippen LogP contribution in [0.5, 0.6) is 5.75 Å². The van der Waals surface area contributed by atoms with Gasteiger partial charge in [0.25, 0.3) is 0 Å². The minimum absolute atomic E-state index is 0.182. The summed E-state index contributed by atoms with van der Waals surface area (Å²) in [5, 5.41) is 0. The summed E-state index contributed by atoms with van der Waals surface area (Å²) in [6.07, 6.45) is 8.73. The fourth-order valence-electron chi connectivity index (χ4n) is 3.88. The number of hydrogen-bond acceptors (Lipinski definition) is 2. The number of hydrogen-bond donors (Lipinski definition) is 2. The van der Waals surface area contributed by atoms with Crippen LogP contribution in [0, 0.1) is 6.92 Å². The van der Waals surface area contributed by atoms with E-state index < -0.39 is 0 Å². The molecule has 0 saturated heterocycles. The van der Waals surface area contributed by atoms with Gasteiger partial charge in [0.15, 0.2) is 0 Å². The molecule has 0 saturated carbocycles. The summed E-state index contributed by atoms with van der Waals surface area (Å²) < 4.78 is 6.16. The van der Waals surface area contributed by atoms with Crippen LogP contribution >= 0.6 is 0 Å². The van der Waals surface area contributed by atoms with E-state index in [0.717, 1.165) is 40.8 Å². The third kappa shape index (κ3) is 2.83. The van der Waals surface area contributed by atoms with Crippen molar-refractivity contribution in [2.75, 3.05) is 6.61 Å². The first-order chi connectivity index (χ1) is 13.2. The van der Waals surface area contributed by atoms with Gasteiger partial charge in [0.05, 0.1) is 11.0 Å². The summed E-state index contributed by atoms with van der Waals surface area (Å²) >= 11 is 0. The van der Waals surface area contributed by atoms with Crippen LogP contribution in [-0.4, -0.2) is 16.6 Å². The molecular formula is C23H20N2O2. The van der Waals surface area contributed by atoms with Crippen molar-refractivity contribution in [3.63, 3.8) is 0 Å². The molecule has 4 heteroatoms. The quantitative estimate of drug-likeness (QED) is 0.661. The van der Waals surface area contributed by atoms with E-state index in [9.17, 15) is 4.79 Å². The van der Waals surface area contributed by atoms with Crippen LogP contribution in [0.2, 0.25) is 0 Å². The molecule has 2 aliphatic rings. The molecule has 3 aromatic rings. The van der Waals surface area contributed by atoms with Crippen molar-refractivity contribution in [2.45, 2.75) is 19.8 Å². The van der Waals surface area contributed by atoms with Gasteiger partial charge in [-0.3, -0.25) is 0 Å². The number of benzene rings is 2. The van der Waals surface area contributed by atoms with Crippen molar-refractivity contribution in [2.24, 2.45) is 0 Å². The summed E-state index contributed by atoms with van der Waals surface area (Å²) in [7, 11) is 0. The number of nitrogens with one attached hydrogen (secondary N) is 2. The second-order valence-corrected chi connectivity index (χ2v) is 7.19. The van der Waals surface area contributed by atoms with E-state index in [1.54, 1.807) is 0 Å². The van der Waals surface area contributed by atoms with Crippen LogP contribution in [-0.2, 0) is 0 Å². The summed E-state index contributed by atoms with van der Waals surface area (Å²) in [5.74, 6) is 0.931. The fraction of sp³-hybridized carbons (Fsp3) is 0.174. The normalized spacial score (nSPS) is 17.6. The highest BCUT2D eigenvalue weighted by Gasteiger charge is 2.21. The number of fused-ring (bicyclic) bond motifs is 2. The number of aromatic nitrogens is 2. The van der Waals surface area contributed by atoms with Gasteiger partial charge >= 0.3 is 5.69 Å². The molecule has 1 aliphatic heterocycles. The van der Waals surface area contributed by atoms with Crippen molar-refractivity contribution < 1.29 is 4.74 Å². The third-order valence-electron chi connectivity index (χ3n) is 5.25. The summed E-state index contributed by atoms with van der Waals surface area (Å²) in [6, 6.07) is 12.4. The monoisotopic (exact) mass is 356 g/mol. The largest absolute Gasteiger partial charge is 0.489 e. The minimum atomic E-state index is -0.182. The average Bonchev–Trinajstić information content (AvgIpc) is 2.97. The van der Waals surface area contributed by atoms with E-state index in [2.05, 4.69) is 53.3 Å². The van der Waals surface area contributed by atoms with E-state index in [1.165, 1.54) is 22.3 Å². The minimum Gasteiger partial charge on any atom is -0.489 e. The second-order valence-electron chi connectivity index (χ2n) is 7.19. The number of imidazole rings is 1. The van der Waals surface area contributed by atoms with Crippen LogP contribution in [0.1, 0.15) is 29.5 Å². The zero-order valence-corrected chi connectivity index (χ0v) is 15.1. The molecule has 1 aliphatic carbocycles. The van der Waals surface area contributed by atoms with E-state index in [0.29, 0.717) is 6.61 Å². The molecule has 0 bridgehead atoms. The maximum Gasteiger partial charge on any atom is 0.323 e. The Bertz CT molecular complexity index is 1200. The van der Waals surface area contributed by atoms with E-state index >= 15 is 0 Å². The van der Waals surface area contributed by atoms with Crippen molar-refractivity contribution in [1.82, 2.24) is 9.97 Å². The Labute approximate surface area is 156 Å². The molecule has 2 N–H and O–H groups in total. The molecule has 27 heavy (non-hydrogen) atoms. The number of H-pyrrole nitrogens is 2. The Morgan fingerprint density at radius 1 is 1.07 bits per heavy atom. The lowest BCUT2D eigenvalue weighted by molar-refractivity contribution is 0.347. The first-order valence-corrected chi connectivity index (χ1v) is 9.24. The molecular weight excluding hydrogens is 336 g/mol. The maximum atomic E-state index is 11.6. The molecule has 4 nitrogen and oxygen atoms in total. The molecule has 0 fully saturated rings. The predicted molar refractivity (Wildman–Crippen MR) is 109 cm³/mol. The molecule has 2 heterocycles. The van der Waals surface area contributed by atoms with Crippen LogP contribution in [0.3, 0.4) is 0 Å². The van der Waals surface area contributed by atoms with Gasteiger partial charge in [-0.2, -0.15) is 0 Å². The number of rotatable bonds is 1. The first-order valence-electron chi connectivity index (χ1n) is 9.24. The lowest BCUT2D eigenvalue weighted by Gasteiger charge is -2.15.